The number of hydrogen-bond donors (Lipinski definition) is 2. The quantitative estimate of drug-likeness (QED) is 0.721. The summed E-state index contributed by atoms with van der Waals surface area (Å²) in [4.78, 5) is 10.6. The number of carbonyl (C=O) groups excluding carboxylic acids is 1. The van der Waals surface area contributed by atoms with Crippen LogP contribution in [0.15, 0.2) is 24.3 Å². The first kappa shape index (κ1) is 10.3. The normalized spacial score (nSPS) is 12.2. The molecule has 0 aliphatic carbocycles. The van der Waals surface area contributed by atoms with Gasteiger partial charge in [0, 0.05) is 0 Å². The number of benzene rings is 1. The van der Waals surface area contributed by atoms with Crippen LogP contribution < -0.4 is 8.83 Å². The number of nitrogens with one attached hydrogen (secondary N) is 1. The van der Waals surface area contributed by atoms with Crippen molar-refractivity contribution < 1.29 is 11.2 Å². The van der Waals surface area contributed by atoms with E-state index in [1.165, 1.54) is 6.92 Å². The molecule has 0 aliphatic rings. The fraction of sp³-hybridized carbons (Fsp3) is 0.125. The van der Waals surface area contributed by atoms with Gasteiger partial charge < -0.3 is 0 Å². The van der Waals surface area contributed by atoms with Gasteiger partial charge in [-0.1, -0.05) is 0 Å². The topological polar surface area (TPSA) is 66.4 Å². The van der Waals surface area contributed by atoms with E-state index in [0.717, 1.165) is 0 Å². The van der Waals surface area contributed by atoms with Crippen LogP contribution in [-0.4, -0.2) is 29.9 Å². The van der Waals surface area contributed by atoms with Crippen LogP contribution in [0.5, 0.6) is 0 Å². The summed E-state index contributed by atoms with van der Waals surface area (Å²) < 4.78 is 20.1. The van der Waals surface area contributed by atoms with Crippen molar-refractivity contribution in [2.45, 2.75) is 6.92 Å². The molecule has 1 rings (SSSR count). The van der Waals surface area contributed by atoms with Crippen LogP contribution in [0, 0.1) is 0 Å². The van der Waals surface area contributed by atoms with Crippen LogP contribution in [0.3, 0.4) is 0 Å². The molecule has 0 saturated carbocycles. The second-order valence-electron chi connectivity index (χ2n) is 2.56. The number of hydrogen-bond acceptors (Lipinski definition) is 2. The molecule has 2 N–H and O–H groups in total. The summed E-state index contributed by atoms with van der Waals surface area (Å²) in [5, 5.41) is 2.57. The van der Waals surface area contributed by atoms with E-state index in [1.54, 1.807) is 24.3 Å². The van der Waals surface area contributed by atoms with Crippen LogP contribution >= 0.6 is 0 Å². The van der Waals surface area contributed by atoms with Crippen molar-refractivity contribution in [3.8, 4) is 0 Å². The van der Waals surface area contributed by atoms with Gasteiger partial charge >= 0.3 is 83.4 Å². The molecule has 13 heavy (non-hydrogen) atoms. The number of rotatable bonds is 2. The molecule has 0 spiro atoms. The Balaban J connectivity index is 2.81. The zero-order valence-electron chi connectivity index (χ0n) is 7.07. The average Bonchev–Trinajstić information content (AvgIpc) is 2.04. The number of anilines is 1. The maximum atomic E-state index is 10.7. The SMILES string of the molecule is CC(=O)Nc1cc[c]([SbH](=[O])[OH])cc1. The van der Waals surface area contributed by atoms with E-state index in [2.05, 4.69) is 5.32 Å². The van der Waals surface area contributed by atoms with Crippen LogP contribution in [0.1, 0.15) is 6.92 Å². The Hall–Kier alpha value is -0.732. The van der Waals surface area contributed by atoms with Crippen molar-refractivity contribution in [2.24, 2.45) is 0 Å². The second-order valence-corrected chi connectivity index (χ2v) is 5.95. The van der Waals surface area contributed by atoms with Gasteiger partial charge in [-0.2, -0.15) is 0 Å². The van der Waals surface area contributed by atoms with E-state index in [9.17, 15) is 7.81 Å². The van der Waals surface area contributed by atoms with Crippen LogP contribution in [0.4, 0.5) is 5.69 Å². The van der Waals surface area contributed by atoms with E-state index < -0.39 is 20.6 Å². The predicted octanol–water partition coefficient (Wildman–Crippen LogP) is -0.505. The molecule has 1 aromatic rings. The molecule has 1 unspecified atom stereocenters. The molecule has 70 valence electrons. The molecule has 0 bridgehead atoms. The Morgan fingerprint density at radius 1 is 1.38 bits per heavy atom. The summed E-state index contributed by atoms with van der Waals surface area (Å²) in [6, 6.07) is 6.36. The fourth-order valence-electron chi connectivity index (χ4n) is 0.899. The first-order valence-corrected chi connectivity index (χ1v) is 7.57. The Morgan fingerprint density at radius 3 is 2.31 bits per heavy atom. The van der Waals surface area contributed by atoms with Crippen molar-refractivity contribution in [1.82, 2.24) is 0 Å². The van der Waals surface area contributed by atoms with Gasteiger partial charge in [0.05, 0.1) is 0 Å². The van der Waals surface area contributed by atoms with Gasteiger partial charge in [0.15, 0.2) is 0 Å². The van der Waals surface area contributed by atoms with Crippen molar-refractivity contribution in [1.29, 1.82) is 0 Å². The molecule has 0 aliphatic heterocycles. The average molecular weight is 290 g/mol. The molecule has 0 heterocycles. The van der Waals surface area contributed by atoms with E-state index in [4.69, 9.17) is 3.39 Å². The van der Waals surface area contributed by atoms with Crippen LogP contribution in [0.2, 0.25) is 0 Å². The van der Waals surface area contributed by atoms with Crippen molar-refractivity contribution in [3.05, 3.63) is 24.3 Å². The third kappa shape index (κ3) is 3.25. The van der Waals surface area contributed by atoms with Gasteiger partial charge in [-0.3, -0.25) is 0 Å². The monoisotopic (exact) mass is 289 g/mol. The summed E-state index contributed by atoms with van der Waals surface area (Å²) in [5.74, 6) is -0.155. The molecule has 1 amide bonds. The van der Waals surface area contributed by atoms with E-state index in [0.29, 0.717) is 9.20 Å². The van der Waals surface area contributed by atoms with Gasteiger partial charge in [-0.25, -0.2) is 0 Å². The first-order chi connectivity index (χ1) is 6.09. The summed E-state index contributed by atoms with van der Waals surface area (Å²) in [7, 11) is 0. The number of amides is 1. The van der Waals surface area contributed by atoms with Gasteiger partial charge in [-0.15, -0.1) is 0 Å². The van der Waals surface area contributed by atoms with E-state index >= 15 is 0 Å². The molecule has 0 fully saturated rings. The third-order valence-corrected chi connectivity index (χ3v) is 3.81. The van der Waals surface area contributed by atoms with Crippen molar-refractivity contribution in [3.63, 3.8) is 0 Å². The van der Waals surface area contributed by atoms with Crippen LogP contribution in [-0.2, 0) is 7.81 Å². The van der Waals surface area contributed by atoms with Crippen molar-refractivity contribution >= 4 is 35.7 Å². The molecule has 1 atom stereocenters. The summed E-state index contributed by atoms with van der Waals surface area (Å²) in [6.07, 6.45) is 0. The second kappa shape index (κ2) is 4.49. The standard InChI is InChI=1S/C8H8NO.H2O.O.Sb.H/c1-7(10)9-8-5-3-2-4-6-8;;;;/h3-6H,1H3,(H,9,10);1H2;;;/q;;;+1;/p-1. The Morgan fingerprint density at radius 2 is 1.92 bits per heavy atom. The van der Waals surface area contributed by atoms with Gasteiger partial charge in [0.25, 0.3) is 0 Å². The number of carbonyl (C=O) groups is 1. The summed E-state index contributed by atoms with van der Waals surface area (Å²) >= 11 is -3.46. The van der Waals surface area contributed by atoms with Gasteiger partial charge in [0.2, 0.25) is 0 Å². The fourth-order valence-corrected chi connectivity index (χ4v) is 2.19. The zero-order chi connectivity index (χ0) is 9.84. The zero-order valence-corrected chi connectivity index (χ0v) is 9.93. The predicted molar refractivity (Wildman–Crippen MR) is 50.4 cm³/mol. The Bertz CT molecular complexity index is 334. The van der Waals surface area contributed by atoms with E-state index in [1.807, 2.05) is 0 Å². The molecule has 4 nitrogen and oxygen atoms in total. The molecular weight excluding hydrogens is 280 g/mol. The maximum absolute atomic E-state index is 10.7. The molecule has 0 saturated heterocycles. The first-order valence-electron chi connectivity index (χ1n) is 3.70. The Labute approximate surface area is 83.5 Å². The minimum atomic E-state index is -3.46. The molecule has 1 aromatic carbocycles. The summed E-state index contributed by atoms with van der Waals surface area (Å²) in [5.41, 5.74) is 0.640. The van der Waals surface area contributed by atoms with Gasteiger partial charge in [0.1, 0.15) is 0 Å². The molecule has 0 radical (unpaired) electrons. The molecule has 0 aromatic heterocycles. The Kier molecular flexibility index (Phi) is 3.57. The molecule has 5 heteroatoms. The molecular formula is C8H10NO3Sb. The van der Waals surface area contributed by atoms with Crippen molar-refractivity contribution in [2.75, 3.05) is 5.32 Å². The van der Waals surface area contributed by atoms with E-state index in [-0.39, 0.29) is 5.91 Å². The summed E-state index contributed by atoms with van der Waals surface area (Å²) in [6.45, 7) is 1.41. The minimum absolute atomic E-state index is 0.155. The van der Waals surface area contributed by atoms with Gasteiger partial charge in [-0.05, 0) is 0 Å². The third-order valence-electron chi connectivity index (χ3n) is 1.45. The van der Waals surface area contributed by atoms with Crippen LogP contribution in [0.25, 0.3) is 0 Å².